The van der Waals surface area contributed by atoms with E-state index in [-0.39, 0.29) is 17.6 Å². The summed E-state index contributed by atoms with van der Waals surface area (Å²) in [6, 6.07) is 7.35. The first-order valence-electron chi connectivity index (χ1n) is 10.9. The first-order chi connectivity index (χ1) is 16.0. The standard InChI is InChI=1S/C24H26N6O3/c1-16(8-9-17(2)23(32)30-12-5-10-25-11-13-30)19-14-26-15-20(27-19)22(31)29-24-28-18-6-3-4-7-21(18)33-24/h3-4,6-9,14-15,25H,5,10-13H2,1-2H3,(H,28,29,31)/b16-8+,17-9+. The van der Waals surface area contributed by atoms with Gasteiger partial charge in [0.25, 0.3) is 5.91 Å². The Kier molecular flexibility index (Phi) is 6.89. The molecule has 1 saturated heterocycles. The Labute approximate surface area is 191 Å². The molecule has 0 radical (unpaired) electrons. The molecule has 2 N–H and O–H groups in total. The second-order valence-corrected chi connectivity index (χ2v) is 7.83. The summed E-state index contributed by atoms with van der Waals surface area (Å²) < 4.78 is 5.53. The van der Waals surface area contributed by atoms with Crippen LogP contribution < -0.4 is 10.6 Å². The molecule has 2 aromatic heterocycles. The predicted octanol–water partition coefficient (Wildman–Crippen LogP) is 3.04. The number of hydrogen-bond acceptors (Lipinski definition) is 7. The summed E-state index contributed by atoms with van der Waals surface area (Å²) in [6.07, 6.45) is 7.50. The highest BCUT2D eigenvalue weighted by atomic mass is 16.4. The van der Waals surface area contributed by atoms with Gasteiger partial charge in [-0.25, -0.2) is 4.98 Å². The van der Waals surface area contributed by atoms with E-state index in [9.17, 15) is 9.59 Å². The van der Waals surface area contributed by atoms with Gasteiger partial charge in [-0.2, -0.15) is 4.98 Å². The molecule has 0 atom stereocenters. The number of benzene rings is 1. The number of carbonyl (C=O) groups excluding carboxylic acids is 2. The second kappa shape index (κ2) is 10.2. The van der Waals surface area contributed by atoms with Crippen molar-refractivity contribution in [3.05, 3.63) is 65.8 Å². The van der Waals surface area contributed by atoms with Crippen LogP contribution in [0.25, 0.3) is 16.7 Å². The number of nitrogens with zero attached hydrogens (tertiary/aromatic N) is 4. The van der Waals surface area contributed by atoms with Crippen LogP contribution in [0.5, 0.6) is 0 Å². The van der Waals surface area contributed by atoms with Crippen molar-refractivity contribution >= 4 is 34.5 Å². The van der Waals surface area contributed by atoms with E-state index < -0.39 is 5.91 Å². The monoisotopic (exact) mass is 446 g/mol. The van der Waals surface area contributed by atoms with Crippen molar-refractivity contribution in [2.75, 3.05) is 31.5 Å². The smallest absolute Gasteiger partial charge is 0.302 e. The number of nitrogens with one attached hydrogen (secondary N) is 2. The number of fused-ring (bicyclic) bond motifs is 1. The molecule has 0 spiro atoms. The number of amides is 2. The van der Waals surface area contributed by atoms with E-state index in [1.54, 1.807) is 31.3 Å². The topological polar surface area (TPSA) is 113 Å². The van der Waals surface area contributed by atoms with Gasteiger partial charge in [0, 0.05) is 25.2 Å². The Hall–Kier alpha value is -3.85. The minimum absolute atomic E-state index is 0.0281. The third-order valence-corrected chi connectivity index (χ3v) is 5.33. The maximum absolute atomic E-state index is 12.7. The Morgan fingerprint density at radius 1 is 1.06 bits per heavy atom. The van der Waals surface area contributed by atoms with Crippen molar-refractivity contribution in [3.8, 4) is 0 Å². The van der Waals surface area contributed by atoms with Crippen molar-refractivity contribution in [3.63, 3.8) is 0 Å². The number of hydrogen-bond donors (Lipinski definition) is 2. The highest BCUT2D eigenvalue weighted by Crippen LogP contribution is 2.19. The van der Waals surface area contributed by atoms with E-state index in [1.807, 2.05) is 30.0 Å². The fourth-order valence-electron chi connectivity index (χ4n) is 3.46. The van der Waals surface area contributed by atoms with Gasteiger partial charge in [-0.3, -0.25) is 19.9 Å². The average molecular weight is 447 g/mol. The minimum atomic E-state index is -0.472. The molecule has 33 heavy (non-hydrogen) atoms. The molecule has 4 rings (SSSR count). The van der Waals surface area contributed by atoms with Crippen LogP contribution in [0, 0.1) is 0 Å². The molecule has 3 aromatic rings. The molecule has 0 unspecified atom stereocenters. The summed E-state index contributed by atoms with van der Waals surface area (Å²) >= 11 is 0. The molecule has 9 heteroatoms. The van der Waals surface area contributed by atoms with Gasteiger partial charge >= 0.3 is 6.01 Å². The van der Waals surface area contributed by atoms with Gasteiger partial charge in [0.05, 0.1) is 18.1 Å². The summed E-state index contributed by atoms with van der Waals surface area (Å²) in [6.45, 7) is 6.86. The van der Waals surface area contributed by atoms with Crippen LogP contribution in [-0.2, 0) is 4.79 Å². The van der Waals surface area contributed by atoms with Crippen LogP contribution in [0.2, 0.25) is 0 Å². The van der Waals surface area contributed by atoms with E-state index in [2.05, 4.69) is 25.6 Å². The average Bonchev–Trinajstić information content (AvgIpc) is 3.04. The van der Waals surface area contributed by atoms with E-state index in [0.717, 1.165) is 31.6 Å². The highest BCUT2D eigenvalue weighted by molar-refractivity contribution is 6.02. The fourth-order valence-corrected chi connectivity index (χ4v) is 3.46. The van der Waals surface area contributed by atoms with Crippen LogP contribution in [0.4, 0.5) is 6.01 Å². The van der Waals surface area contributed by atoms with Crippen LogP contribution in [0.3, 0.4) is 0 Å². The van der Waals surface area contributed by atoms with Crippen molar-refractivity contribution in [1.82, 2.24) is 25.2 Å². The van der Waals surface area contributed by atoms with Crippen LogP contribution >= 0.6 is 0 Å². The fraction of sp³-hybridized carbons (Fsp3) is 0.292. The minimum Gasteiger partial charge on any atom is -0.423 e. The van der Waals surface area contributed by atoms with Gasteiger partial charge < -0.3 is 14.6 Å². The van der Waals surface area contributed by atoms with Gasteiger partial charge in [0.15, 0.2) is 5.58 Å². The Morgan fingerprint density at radius 3 is 2.73 bits per heavy atom. The van der Waals surface area contributed by atoms with Crippen molar-refractivity contribution in [1.29, 1.82) is 0 Å². The van der Waals surface area contributed by atoms with E-state index in [1.165, 1.54) is 6.20 Å². The molecule has 170 valence electrons. The van der Waals surface area contributed by atoms with Gasteiger partial charge in [-0.1, -0.05) is 24.3 Å². The van der Waals surface area contributed by atoms with Crippen molar-refractivity contribution in [2.45, 2.75) is 20.3 Å². The summed E-state index contributed by atoms with van der Waals surface area (Å²) in [5.41, 5.74) is 3.34. The zero-order valence-corrected chi connectivity index (χ0v) is 18.7. The number of rotatable bonds is 5. The van der Waals surface area contributed by atoms with Crippen LogP contribution in [0.15, 0.2) is 58.8 Å². The molecular weight excluding hydrogens is 420 g/mol. The normalized spacial score (nSPS) is 15.4. The molecule has 0 bridgehead atoms. The zero-order valence-electron chi connectivity index (χ0n) is 18.7. The molecule has 1 aromatic carbocycles. The first-order valence-corrected chi connectivity index (χ1v) is 10.9. The highest BCUT2D eigenvalue weighted by Gasteiger charge is 2.17. The summed E-state index contributed by atoms with van der Waals surface area (Å²) in [4.78, 5) is 40.0. The van der Waals surface area contributed by atoms with E-state index >= 15 is 0 Å². The summed E-state index contributed by atoms with van der Waals surface area (Å²) in [5.74, 6) is -0.444. The molecule has 0 aliphatic carbocycles. The second-order valence-electron chi connectivity index (χ2n) is 7.83. The van der Waals surface area contributed by atoms with Gasteiger partial charge in [0.1, 0.15) is 11.2 Å². The number of anilines is 1. The molecule has 0 saturated carbocycles. The third-order valence-electron chi connectivity index (χ3n) is 5.33. The van der Waals surface area contributed by atoms with E-state index in [0.29, 0.717) is 28.9 Å². The lowest BCUT2D eigenvalue weighted by molar-refractivity contribution is -0.126. The largest absolute Gasteiger partial charge is 0.423 e. The Morgan fingerprint density at radius 2 is 1.88 bits per heavy atom. The maximum atomic E-state index is 12.7. The molecule has 1 fully saturated rings. The number of aromatic nitrogens is 3. The van der Waals surface area contributed by atoms with Crippen molar-refractivity contribution < 1.29 is 14.0 Å². The van der Waals surface area contributed by atoms with Gasteiger partial charge in [-0.15, -0.1) is 0 Å². The Bertz CT molecular complexity index is 1190. The molecule has 3 heterocycles. The molecule has 9 nitrogen and oxygen atoms in total. The SMILES string of the molecule is C/C(=C\C=C(/C)c1cncc(C(=O)Nc2nc3ccccc3o2)n1)C(=O)N1CCCNCC1. The van der Waals surface area contributed by atoms with Crippen LogP contribution in [0.1, 0.15) is 36.5 Å². The first kappa shape index (κ1) is 22.3. The molecule has 2 amide bonds. The predicted molar refractivity (Wildman–Crippen MR) is 125 cm³/mol. The zero-order chi connectivity index (χ0) is 23.2. The molecule has 1 aliphatic heterocycles. The maximum Gasteiger partial charge on any atom is 0.302 e. The molecule has 1 aliphatic rings. The number of allylic oxidation sites excluding steroid dienone is 3. The number of oxazole rings is 1. The lowest BCUT2D eigenvalue weighted by atomic mass is 10.1. The number of para-hydroxylation sites is 2. The lowest BCUT2D eigenvalue weighted by Crippen LogP contribution is -2.34. The summed E-state index contributed by atoms with van der Waals surface area (Å²) in [7, 11) is 0. The van der Waals surface area contributed by atoms with E-state index in [4.69, 9.17) is 4.42 Å². The van der Waals surface area contributed by atoms with Gasteiger partial charge in [0.2, 0.25) is 5.91 Å². The summed E-state index contributed by atoms with van der Waals surface area (Å²) in [5, 5.41) is 5.91. The van der Waals surface area contributed by atoms with Crippen molar-refractivity contribution in [2.24, 2.45) is 0 Å². The quantitative estimate of drug-likeness (QED) is 0.457. The Balaban J connectivity index is 1.45. The third kappa shape index (κ3) is 5.50. The molecular formula is C24H26N6O3. The number of carbonyl (C=O) groups is 2. The van der Waals surface area contributed by atoms with Gasteiger partial charge in [-0.05, 0) is 44.5 Å². The van der Waals surface area contributed by atoms with Crippen LogP contribution in [-0.4, -0.2) is 57.8 Å². The lowest BCUT2D eigenvalue weighted by Gasteiger charge is -2.20.